The zero-order valence-electron chi connectivity index (χ0n) is 9.38. The van der Waals surface area contributed by atoms with Gasteiger partial charge in [0.05, 0.1) is 5.56 Å². The Labute approximate surface area is 100 Å². The molecule has 1 aromatic carbocycles. The zero-order chi connectivity index (χ0) is 13.9. The molecule has 0 aromatic heterocycles. The van der Waals surface area contributed by atoms with Gasteiger partial charge in [0, 0.05) is 5.69 Å². The van der Waals surface area contributed by atoms with Crippen LogP contribution in [0.2, 0.25) is 0 Å². The molecule has 1 rings (SSSR count). The summed E-state index contributed by atoms with van der Waals surface area (Å²) in [6.45, 7) is 1.34. The van der Waals surface area contributed by atoms with E-state index < -0.39 is 29.6 Å². The number of halogens is 4. The van der Waals surface area contributed by atoms with Crippen LogP contribution < -0.4 is 5.32 Å². The maximum Gasteiger partial charge on any atom is 0.408 e. The van der Waals surface area contributed by atoms with Crippen molar-refractivity contribution < 1.29 is 27.5 Å². The average molecular weight is 265 g/mol. The van der Waals surface area contributed by atoms with Crippen LogP contribution in [0, 0.1) is 5.82 Å². The molecule has 0 saturated carbocycles. The number of aromatic carboxylic acids is 1. The summed E-state index contributed by atoms with van der Waals surface area (Å²) in [5, 5.41) is 10.7. The van der Waals surface area contributed by atoms with Gasteiger partial charge in [-0.3, -0.25) is 0 Å². The van der Waals surface area contributed by atoms with Gasteiger partial charge in [0.25, 0.3) is 0 Å². The topological polar surface area (TPSA) is 49.3 Å². The molecule has 3 nitrogen and oxygen atoms in total. The summed E-state index contributed by atoms with van der Waals surface area (Å²) < 4.78 is 50.6. The van der Waals surface area contributed by atoms with Gasteiger partial charge in [-0.05, 0) is 24.6 Å². The molecule has 18 heavy (non-hydrogen) atoms. The molecule has 0 amide bonds. The zero-order valence-corrected chi connectivity index (χ0v) is 9.38. The first-order chi connectivity index (χ1) is 8.25. The van der Waals surface area contributed by atoms with Crippen molar-refractivity contribution in [2.75, 3.05) is 5.32 Å². The molecule has 100 valence electrons. The summed E-state index contributed by atoms with van der Waals surface area (Å²) in [4.78, 5) is 10.5. The largest absolute Gasteiger partial charge is 0.478 e. The van der Waals surface area contributed by atoms with Crippen LogP contribution >= 0.6 is 0 Å². The Kier molecular flexibility index (Phi) is 4.15. The fourth-order valence-corrected chi connectivity index (χ4v) is 1.39. The van der Waals surface area contributed by atoms with Gasteiger partial charge in [-0.1, -0.05) is 6.92 Å². The van der Waals surface area contributed by atoms with Gasteiger partial charge in [0.2, 0.25) is 0 Å². The van der Waals surface area contributed by atoms with Gasteiger partial charge in [-0.15, -0.1) is 0 Å². The van der Waals surface area contributed by atoms with Gasteiger partial charge in [0.15, 0.2) is 0 Å². The van der Waals surface area contributed by atoms with E-state index in [0.29, 0.717) is 0 Å². The summed E-state index contributed by atoms with van der Waals surface area (Å²) in [7, 11) is 0. The van der Waals surface area contributed by atoms with Crippen molar-refractivity contribution in [3.8, 4) is 0 Å². The van der Waals surface area contributed by atoms with Crippen LogP contribution in [0.3, 0.4) is 0 Å². The lowest BCUT2D eigenvalue weighted by Gasteiger charge is -2.21. The third kappa shape index (κ3) is 3.35. The number of rotatable bonds is 4. The minimum Gasteiger partial charge on any atom is -0.478 e. The molecule has 0 saturated heterocycles. The first-order valence-corrected chi connectivity index (χ1v) is 5.11. The normalized spacial score (nSPS) is 13.2. The third-order valence-corrected chi connectivity index (χ3v) is 2.34. The summed E-state index contributed by atoms with van der Waals surface area (Å²) in [6, 6.07) is 0.953. The number of carboxylic acids is 1. The van der Waals surface area contributed by atoms with E-state index >= 15 is 0 Å². The average Bonchev–Trinajstić information content (AvgIpc) is 2.23. The molecule has 1 aromatic rings. The highest BCUT2D eigenvalue weighted by Gasteiger charge is 2.38. The van der Waals surface area contributed by atoms with Crippen LogP contribution in [0.1, 0.15) is 23.7 Å². The molecule has 0 aliphatic rings. The van der Waals surface area contributed by atoms with Crippen LogP contribution in [-0.4, -0.2) is 23.3 Å². The summed E-state index contributed by atoms with van der Waals surface area (Å²) in [5.74, 6) is -2.55. The van der Waals surface area contributed by atoms with Gasteiger partial charge in [-0.2, -0.15) is 13.2 Å². The number of carboxylic acid groups (broad SMARTS) is 1. The number of carbonyl (C=O) groups is 1. The second-order valence-corrected chi connectivity index (χ2v) is 3.65. The Hall–Kier alpha value is -1.79. The van der Waals surface area contributed by atoms with E-state index in [-0.39, 0.29) is 12.1 Å². The molecular weight excluding hydrogens is 254 g/mol. The minimum absolute atomic E-state index is 0.110. The molecule has 7 heteroatoms. The smallest absolute Gasteiger partial charge is 0.408 e. The van der Waals surface area contributed by atoms with Crippen LogP contribution in [-0.2, 0) is 0 Å². The first kappa shape index (κ1) is 14.3. The first-order valence-electron chi connectivity index (χ1n) is 5.11. The summed E-state index contributed by atoms with van der Waals surface area (Å²) in [5.41, 5.74) is -0.692. The SMILES string of the molecule is CC[C@@H](Nc1ccc(C(=O)O)c(F)c1)C(F)(F)F. The maximum atomic E-state index is 13.2. The second kappa shape index (κ2) is 5.24. The Morgan fingerprint density at radius 3 is 2.44 bits per heavy atom. The number of anilines is 1. The van der Waals surface area contributed by atoms with Crippen LogP contribution in [0.4, 0.5) is 23.2 Å². The predicted molar refractivity (Wildman–Crippen MR) is 57.1 cm³/mol. The van der Waals surface area contributed by atoms with Crippen molar-refractivity contribution in [3.05, 3.63) is 29.6 Å². The van der Waals surface area contributed by atoms with Crippen LogP contribution in [0.15, 0.2) is 18.2 Å². The highest BCUT2D eigenvalue weighted by Crippen LogP contribution is 2.26. The number of hydrogen-bond donors (Lipinski definition) is 2. The molecule has 0 heterocycles. The lowest BCUT2D eigenvalue weighted by molar-refractivity contribution is -0.142. The Morgan fingerprint density at radius 1 is 1.44 bits per heavy atom. The van der Waals surface area contributed by atoms with E-state index in [0.717, 1.165) is 18.2 Å². The summed E-state index contributed by atoms with van der Waals surface area (Å²) in [6.07, 6.45) is -4.66. The third-order valence-electron chi connectivity index (χ3n) is 2.34. The summed E-state index contributed by atoms with van der Waals surface area (Å²) >= 11 is 0. The lowest BCUT2D eigenvalue weighted by atomic mass is 10.1. The Morgan fingerprint density at radius 2 is 2.06 bits per heavy atom. The molecule has 0 aliphatic heterocycles. The highest BCUT2D eigenvalue weighted by molar-refractivity contribution is 5.88. The van der Waals surface area contributed by atoms with E-state index in [1.54, 1.807) is 0 Å². The number of hydrogen-bond acceptors (Lipinski definition) is 2. The standard InChI is InChI=1S/C11H11F4NO2/c1-2-9(11(13,14)15)16-6-3-4-7(10(17)18)8(12)5-6/h3-5,9,16H,2H2,1H3,(H,17,18)/t9-/m1/s1. The fourth-order valence-electron chi connectivity index (χ4n) is 1.39. The van der Waals surface area contributed by atoms with E-state index in [2.05, 4.69) is 5.32 Å². The molecule has 1 atom stereocenters. The van der Waals surface area contributed by atoms with Crippen molar-refractivity contribution in [1.29, 1.82) is 0 Å². The lowest BCUT2D eigenvalue weighted by Crippen LogP contribution is -2.35. The van der Waals surface area contributed by atoms with Crippen LogP contribution in [0.5, 0.6) is 0 Å². The van der Waals surface area contributed by atoms with E-state index in [1.807, 2.05) is 0 Å². The quantitative estimate of drug-likeness (QED) is 0.821. The molecule has 2 N–H and O–H groups in total. The van der Waals surface area contributed by atoms with E-state index in [4.69, 9.17) is 5.11 Å². The van der Waals surface area contributed by atoms with Gasteiger partial charge in [0.1, 0.15) is 11.9 Å². The molecule has 0 spiro atoms. The van der Waals surface area contributed by atoms with Crippen molar-refractivity contribution >= 4 is 11.7 Å². The molecular formula is C11H11F4NO2. The second-order valence-electron chi connectivity index (χ2n) is 3.65. The van der Waals surface area contributed by atoms with Crippen molar-refractivity contribution in [1.82, 2.24) is 0 Å². The fraction of sp³-hybridized carbons (Fsp3) is 0.364. The van der Waals surface area contributed by atoms with Crippen molar-refractivity contribution in [3.63, 3.8) is 0 Å². The minimum atomic E-state index is -4.45. The van der Waals surface area contributed by atoms with Gasteiger partial charge in [-0.25, -0.2) is 9.18 Å². The Bertz CT molecular complexity index is 445. The van der Waals surface area contributed by atoms with Crippen molar-refractivity contribution in [2.45, 2.75) is 25.6 Å². The highest BCUT2D eigenvalue weighted by atomic mass is 19.4. The molecule has 0 unspecified atom stereocenters. The van der Waals surface area contributed by atoms with Gasteiger partial charge < -0.3 is 10.4 Å². The number of alkyl halides is 3. The van der Waals surface area contributed by atoms with Crippen molar-refractivity contribution in [2.24, 2.45) is 0 Å². The monoisotopic (exact) mass is 265 g/mol. The number of benzene rings is 1. The Balaban J connectivity index is 2.92. The predicted octanol–water partition coefficient (Wildman–Crippen LogP) is 3.28. The maximum absolute atomic E-state index is 13.2. The molecule has 0 fully saturated rings. The molecule has 0 bridgehead atoms. The molecule has 0 radical (unpaired) electrons. The van der Waals surface area contributed by atoms with E-state index in [1.165, 1.54) is 6.92 Å². The molecule has 0 aliphatic carbocycles. The van der Waals surface area contributed by atoms with Gasteiger partial charge >= 0.3 is 12.1 Å². The van der Waals surface area contributed by atoms with Crippen LogP contribution in [0.25, 0.3) is 0 Å². The number of nitrogens with one attached hydrogen (secondary N) is 1. The van der Waals surface area contributed by atoms with E-state index in [9.17, 15) is 22.4 Å².